The van der Waals surface area contributed by atoms with Gasteiger partial charge in [0.25, 0.3) is 0 Å². The molecule has 0 bridgehead atoms. The highest BCUT2D eigenvalue weighted by atomic mass is 16.4. The van der Waals surface area contributed by atoms with Gasteiger partial charge in [-0.2, -0.15) is 0 Å². The second kappa shape index (κ2) is 6.33. The molecule has 3 N–H and O–H groups in total. The van der Waals surface area contributed by atoms with Gasteiger partial charge in [-0.1, -0.05) is 0 Å². The summed E-state index contributed by atoms with van der Waals surface area (Å²) >= 11 is 0. The van der Waals surface area contributed by atoms with Crippen molar-refractivity contribution in [2.24, 2.45) is 0 Å². The number of anilines is 1. The first-order chi connectivity index (χ1) is 7.68. The van der Waals surface area contributed by atoms with E-state index in [0.29, 0.717) is 13.0 Å². The number of carboxylic acids is 1. The van der Waals surface area contributed by atoms with Gasteiger partial charge in [-0.15, -0.1) is 0 Å². The molecule has 7 nitrogen and oxygen atoms in total. The lowest BCUT2D eigenvalue weighted by Crippen LogP contribution is -2.30. The van der Waals surface area contributed by atoms with E-state index >= 15 is 0 Å². The van der Waals surface area contributed by atoms with Crippen LogP contribution in [0.4, 0.5) is 10.7 Å². The molecule has 0 saturated heterocycles. The standard InChI is InChI=1S/C9H12N4O3/c14-7(15)3-1-4-12-9(16)13-8-10-5-2-6-11-8/h2,5-6H,1,3-4H2,(H,14,15)(H2,10,11,12,13,16). The zero-order chi connectivity index (χ0) is 11.8. The zero-order valence-electron chi connectivity index (χ0n) is 8.51. The predicted octanol–water partition coefficient (Wildman–Crippen LogP) is 0.463. The number of nitrogens with zero attached hydrogens (tertiary/aromatic N) is 2. The number of aromatic nitrogens is 2. The van der Waals surface area contributed by atoms with E-state index in [1.807, 2.05) is 0 Å². The summed E-state index contributed by atoms with van der Waals surface area (Å²) in [5, 5.41) is 13.3. The van der Waals surface area contributed by atoms with Crippen LogP contribution < -0.4 is 10.6 Å². The quantitative estimate of drug-likeness (QED) is 0.630. The molecule has 1 aromatic heterocycles. The third-order valence-electron chi connectivity index (χ3n) is 1.64. The van der Waals surface area contributed by atoms with E-state index in [4.69, 9.17) is 5.11 Å². The lowest BCUT2D eigenvalue weighted by Gasteiger charge is -2.04. The van der Waals surface area contributed by atoms with Gasteiger partial charge in [-0.25, -0.2) is 14.8 Å². The third kappa shape index (κ3) is 4.89. The SMILES string of the molecule is O=C(O)CCCNC(=O)Nc1ncccn1. The summed E-state index contributed by atoms with van der Waals surface area (Å²) in [6.07, 6.45) is 3.43. The summed E-state index contributed by atoms with van der Waals surface area (Å²) in [5.41, 5.74) is 0. The van der Waals surface area contributed by atoms with Crippen LogP contribution in [0.5, 0.6) is 0 Å². The fourth-order valence-corrected chi connectivity index (χ4v) is 0.951. The molecule has 7 heteroatoms. The second-order valence-electron chi connectivity index (χ2n) is 2.95. The average Bonchev–Trinajstić information content (AvgIpc) is 2.25. The molecule has 0 spiro atoms. The fourth-order valence-electron chi connectivity index (χ4n) is 0.951. The number of hydrogen-bond donors (Lipinski definition) is 3. The van der Waals surface area contributed by atoms with Gasteiger partial charge in [0, 0.05) is 25.4 Å². The Morgan fingerprint density at radius 1 is 1.31 bits per heavy atom. The van der Waals surface area contributed by atoms with Gasteiger partial charge < -0.3 is 10.4 Å². The second-order valence-corrected chi connectivity index (χ2v) is 2.95. The maximum Gasteiger partial charge on any atom is 0.321 e. The number of carboxylic acid groups (broad SMARTS) is 1. The number of amides is 2. The Morgan fingerprint density at radius 2 is 2.00 bits per heavy atom. The van der Waals surface area contributed by atoms with Gasteiger partial charge in [0.2, 0.25) is 5.95 Å². The zero-order valence-corrected chi connectivity index (χ0v) is 8.51. The molecule has 2 amide bonds. The molecule has 0 saturated carbocycles. The lowest BCUT2D eigenvalue weighted by atomic mass is 10.3. The van der Waals surface area contributed by atoms with Crippen LogP contribution >= 0.6 is 0 Å². The van der Waals surface area contributed by atoms with Crippen LogP contribution in [-0.2, 0) is 4.79 Å². The summed E-state index contributed by atoms with van der Waals surface area (Å²) in [6, 6.07) is 1.19. The minimum absolute atomic E-state index is 0.0299. The molecular weight excluding hydrogens is 212 g/mol. The molecule has 1 heterocycles. The summed E-state index contributed by atoms with van der Waals surface area (Å²) in [4.78, 5) is 29.0. The molecule has 0 aliphatic carbocycles. The van der Waals surface area contributed by atoms with E-state index in [9.17, 15) is 9.59 Å². The van der Waals surface area contributed by atoms with Gasteiger partial charge in [-0.3, -0.25) is 10.1 Å². The molecule has 0 fully saturated rings. The van der Waals surface area contributed by atoms with Gasteiger partial charge in [0.15, 0.2) is 0 Å². The number of aliphatic carboxylic acids is 1. The van der Waals surface area contributed by atoms with Crippen LogP contribution in [0, 0.1) is 0 Å². The first-order valence-corrected chi connectivity index (χ1v) is 4.72. The van der Waals surface area contributed by atoms with Crippen LogP contribution in [-0.4, -0.2) is 33.6 Å². The maximum absolute atomic E-state index is 11.2. The van der Waals surface area contributed by atoms with Crippen LogP contribution in [0.1, 0.15) is 12.8 Å². The van der Waals surface area contributed by atoms with E-state index in [0.717, 1.165) is 0 Å². The molecule has 0 radical (unpaired) electrons. The Kier molecular flexibility index (Phi) is 4.71. The van der Waals surface area contributed by atoms with Crippen molar-refractivity contribution < 1.29 is 14.7 Å². The molecule has 0 unspecified atom stereocenters. The largest absolute Gasteiger partial charge is 0.481 e. The number of hydrogen-bond acceptors (Lipinski definition) is 4. The Hall–Kier alpha value is -2.18. The Bertz CT molecular complexity index is 355. The summed E-state index contributed by atoms with van der Waals surface area (Å²) in [5.74, 6) is -0.674. The van der Waals surface area contributed by atoms with Crippen LogP contribution in [0.3, 0.4) is 0 Å². The number of carbonyl (C=O) groups is 2. The first kappa shape index (κ1) is 11.9. The topological polar surface area (TPSA) is 104 Å². The first-order valence-electron chi connectivity index (χ1n) is 4.72. The summed E-state index contributed by atoms with van der Waals surface area (Å²) < 4.78 is 0. The predicted molar refractivity (Wildman–Crippen MR) is 55.9 cm³/mol. The molecule has 0 aromatic carbocycles. The number of carbonyl (C=O) groups excluding carboxylic acids is 1. The number of nitrogens with one attached hydrogen (secondary N) is 2. The minimum atomic E-state index is -0.881. The molecule has 0 atom stereocenters. The van der Waals surface area contributed by atoms with Crippen molar-refractivity contribution in [2.75, 3.05) is 11.9 Å². The van der Waals surface area contributed by atoms with Gasteiger partial charge >= 0.3 is 12.0 Å². The Balaban J connectivity index is 2.19. The van der Waals surface area contributed by atoms with Crippen molar-refractivity contribution in [2.45, 2.75) is 12.8 Å². The van der Waals surface area contributed by atoms with E-state index in [-0.39, 0.29) is 12.4 Å². The maximum atomic E-state index is 11.2. The van der Waals surface area contributed by atoms with Gasteiger partial charge in [0.05, 0.1) is 0 Å². The molecule has 0 aliphatic heterocycles. The van der Waals surface area contributed by atoms with Crippen molar-refractivity contribution >= 4 is 17.9 Å². The highest BCUT2D eigenvalue weighted by Crippen LogP contribution is 1.93. The third-order valence-corrected chi connectivity index (χ3v) is 1.64. The van der Waals surface area contributed by atoms with Crippen molar-refractivity contribution in [3.63, 3.8) is 0 Å². The highest BCUT2D eigenvalue weighted by Gasteiger charge is 2.02. The van der Waals surface area contributed by atoms with Gasteiger partial charge in [-0.05, 0) is 12.5 Å². The summed E-state index contributed by atoms with van der Waals surface area (Å²) in [7, 11) is 0. The molecule has 86 valence electrons. The highest BCUT2D eigenvalue weighted by molar-refractivity contribution is 5.87. The van der Waals surface area contributed by atoms with Crippen molar-refractivity contribution in [3.05, 3.63) is 18.5 Å². The normalized spacial score (nSPS) is 9.50. The fraction of sp³-hybridized carbons (Fsp3) is 0.333. The lowest BCUT2D eigenvalue weighted by molar-refractivity contribution is -0.137. The average molecular weight is 224 g/mol. The molecular formula is C9H12N4O3. The van der Waals surface area contributed by atoms with Crippen LogP contribution in [0.15, 0.2) is 18.5 Å². The molecule has 0 aliphatic rings. The minimum Gasteiger partial charge on any atom is -0.481 e. The molecule has 1 aromatic rings. The monoisotopic (exact) mass is 224 g/mol. The molecule has 16 heavy (non-hydrogen) atoms. The Labute approximate surface area is 91.9 Å². The van der Waals surface area contributed by atoms with Crippen LogP contribution in [0.2, 0.25) is 0 Å². The van der Waals surface area contributed by atoms with Crippen molar-refractivity contribution in [1.82, 2.24) is 15.3 Å². The van der Waals surface area contributed by atoms with Crippen molar-refractivity contribution in [1.29, 1.82) is 0 Å². The van der Waals surface area contributed by atoms with E-state index in [2.05, 4.69) is 20.6 Å². The number of rotatable bonds is 5. The number of urea groups is 1. The van der Waals surface area contributed by atoms with Crippen LogP contribution in [0.25, 0.3) is 0 Å². The Morgan fingerprint density at radius 3 is 2.62 bits per heavy atom. The van der Waals surface area contributed by atoms with E-state index < -0.39 is 12.0 Å². The van der Waals surface area contributed by atoms with E-state index in [1.165, 1.54) is 12.4 Å². The summed E-state index contributed by atoms with van der Waals surface area (Å²) in [6.45, 7) is 0.297. The smallest absolute Gasteiger partial charge is 0.321 e. The van der Waals surface area contributed by atoms with E-state index in [1.54, 1.807) is 6.07 Å². The van der Waals surface area contributed by atoms with Gasteiger partial charge in [0.1, 0.15) is 0 Å². The van der Waals surface area contributed by atoms with Crippen molar-refractivity contribution in [3.8, 4) is 0 Å². The molecule has 1 rings (SSSR count).